The molecule has 92 valence electrons. The number of benzene rings is 1. The van der Waals surface area contributed by atoms with Crippen LogP contribution in [0.25, 0.3) is 0 Å². The highest BCUT2D eigenvalue weighted by atomic mass is 14.9. The van der Waals surface area contributed by atoms with Crippen molar-refractivity contribution in [3.05, 3.63) is 42.0 Å². The van der Waals surface area contributed by atoms with E-state index in [2.05, 4.69) is 62.5 Å². The first kappa shape index (κ1) is 12.2. The maximum absolute atomic E-state index is 3.56. The Bertz CT molecular complexity index is 380. The van der Waals surface area contributed by atoms with Crippen molar-refractivity contribution in [1.82, 2.24) is 0 Å². The van der Waals surface area contributed by atoms with Crippen molar-refractivity contribution in [1.29, 1.82) is 0 Å². The van der Waals surface area contributed by atoms with E-state index in [4.69, 9.17) is 0 Å². The second-order valence-electron chi connectivity index (χ2n) is 5.46. The van der Waals surface area contributed by atoms with Crippen molar-refractivity contribution >= 4 is 5.69 Å². The fourth-order valence-corrected chi connectivity index (χ4v) is 3.00. The van der Waals surface area contributed by atoms with E-state index in [9.17, 15) is 0 Å². The van der Waals surface area contributed by atoms with Gasteiger partial charge in [0.05, 0.1) is 0 Å². The van der Waals surface area contributed by atoms with Crippen molar-refractivity contribution in [2.24, 2.45) is 17.8 Å². The topological polar surface area (TPSA) is 12.0 Å². The summed E-state index contributed by atoms with van der Waals surface area (Å²) in [7, 11) is 0. The van der Waals surface area contributed by atoms with Crippen LogP contribution in [0.2, 0.25) is 0 Å². The van der Waals surface area contributed by atoms with Gasteiger partial charge < -0.3 is 5.32 Å². The van der Waals surface area contributed by atoms with Gasteiger partial charge in [0.2, 0.25) is 0 Å². The molecule has 1 heteroatoms. The SMILES string of the molecule is CC1=C[C@H](C)[C@@H](CNc2ccccc2)[C@@H](C)C1. The largest absolute Gasteiger partial charge is 0.385 e. The average molecular weight is 229 g/mol. The van der Waals surface area contributed by atoms with Gasteiger partial charge in [-0.25, -0.2) is 0 Å². The number of allylic oxidation sites excluding steroid dienone is 2. The minimum atomic E-state index is 0.690. The van der Waals surface area contributed by atoms with Gasteiger partial charge in [-0.2, -0.15) is 0 Å². The first-order valence-corrected chi connectivity index (χ1v) is 6.63. The highest BCUT2D eigenvalue weighted by Crippen LogP contribution is 2.33. The van der Waals surface area contributed by atoms with Crippen LogP contribution in [0.1, 0.15) is 27.2 Å². The predicted octanol–water partition coefficient (Wildman–Crippen LogP) is 4.34. The summed E-state index contributed by atoms with van der Waals surface area (Å²) in [6.45, 7) is 8.06. The maximum atomic E-state index is 3.56. The van der Waals surface area contributed by atoms with E-state index in [0.29, 0.717) is 5.92 Å². The maximum Gasteiger partial charge on any atom is 0.0340 e. The van der Waals surface area contributed by atoms with Gasteiger partial charge in [0.15, 0.2) is 0 Å². The molecule has 0 aliphatic heterocycles. The number of hydrogen-bond acceptors (Lipinski definition) is 1. The molecule has 1 N–H and O–H groups in total. The summed E-state index contributed by atoms with van der Waals surface area (Å²) >= 11 is 0. The molecule has 0 amide bonds. The molecule has 17 heavy (non-hydrogen) atoms. The van der Waals surface area contributed by atoms with Crippen LogP contribution in [0, 0.1) is 17.8 Å². The van der Waals surface area contributed by atoms with Crippen molar-refractivity contribution < 1.29 is 0 Å². The van der Waals surface area contributed by atoms with Crippen molar-refractivity contribution in [2.45, 2.75) is 27.2 Å². The van der Waals surface area contributed by atoms with Gasteiger partial charge in [-0.3, -0.25) is 0 Å². The molecule has 0 bridgehead atoms. The molecule has 0 saturated heterocycles. The smallest absolute Gasteiger partial charge is 0.0340 e. The van der Waals surface area contributed by atoms with Crippen molar-refractivity contribution in [3.8, 4) is 0 Å². The van der Waals surface area contributed by atoms with Gasteiger partial charge in [-0.15, -0.1) is 0 Å². The number of rotatable bonds is 3. The molecule has 1 aliphatic carbocycles. The minimum Gasteiger partial charge on any atom is -0.385 e. The summed E-state index contributed by atoms with van der Waals surface area (Å²) in [5, 5.41) is 3.56. The zero-order valence-corrected chi connectivity index (χ0v) is 11.1. The van der Waals surface area contributed by atoms with Gasteiger partial charge >= 0.3 is 0 Å². The molecule has 2 rings (SSSR count). The molecule has 1 nitrogen and oxygen atoms in total. The summed E-state index contributed by atoms with van der Waals surface area (Å²) in [4.78, 5) is 0. The molecular weight excluding hydrogens is 206 g/mol. The second-order valence-corrected chi connectivity index (χ2v) is 5.46. The van der Waals surface area contributed by atoms with Gasteiger partial charge in [0.1, 0.15) is 0 Å². The molecule has 1 aliphatic rings. The molecule has 3 atom stereocenters. The van der Waals surface area contributed by atoms with E-state index >= 15 is 0 Å². The van der Waals surface area contributed by atoms with Gasteiger partial charge in [0.25, 0.3) is 0 Å². The van der Waals surface area contributed by atoms with Crippen LogP contribution in [0.5, 0.6) is 0 Å². The van der Waals surface area contributed by atoms with E-state index < -0.39 is 0 Å². The van der Waals surface area contributed by atoms with Crippen LogP contribution in [0.15, 0.2) is 42.0 Å². The number of anilines is 1. The summed E-state index contributed by atoms with van der Waals surface area (Å²) in [5.41, 5.74) is 2.79. The van der Waals surface area contributed by atoms with Crippen molar-refractivity contribution in [2.75, 3.05) is 11.9 Å². The third kappa shape index (κ3) is 3.12. The van der Waals surface area contributed by atoms with Crippen LogP contribution in [-0.2, 0) is 0 Å². The van der Waals surface area contributed by atoms with Gasteiger partial charge in [-0.05, 0) is 43.2 Å². The quantitative estimate of drug-likeness (QED) is 0.760. The van der Waals surface area contributed by atoms with Crippen LogP contribution >= 0.6 is 0 Å². The highest BCUT2D eigenvalue weighted by Gasteiger charge is 2.26. The predicted molar refractivity (Wildman–Crippen MR) is 75.1 cm³/mol. The zero-order valence-electron chi connectivity index (χ0n) is 11.1. The molecule has 0 saturated carbocycles. The lowest BCUT2D eigenvalue weighted by Crippen LogP contribution is -2.29. The third-order valence-electron chi connectivity index (χ3n) is 3.91. The van der Waals surface area contributed by atoms with Crippen molar-refractivity contribution in [3.63, 3.8) is 0 Å². The summed E-state index contributed by atoms with van der Waals surface area (Å²) < 4.78 is 0. The van der Waals surface area contributed by atoms with Crippen LogP contribution < -0.4 is 5.32 Å². The third-order valence-corrected chi connectivity index (χ3v) is 3.91. The molecule has 0 aromatic heterocycles. The summed E-state index contributed by atoms with van der Waals surface area (Å²) in [6.07, 6.45) is 3.70. The lowest BCUT2D eigenvalue weighted by molar-refractivity contribution is 0.287. The molecule has 1 aromatic rings. The Labute approximate surface area is 105 Å². The highest BCUT2D eigenvalue weighted by molar-refractivity contribution is 5.42. The number of nitrogens with one attached hydrogen (secondary N) is 1. The second kappa shape index (κ2) is 5.39. The Kier molecular flexibility index (Phi) is 3.88. The van der Waals surface area contributed by atoms with E-state index in [0.717, 1.165) is 18.4 Å². The fourth-order valence-electron chi connectivity index (χ4n) is 3.00. The Balaban J connectivity index is 1.95. The standard InChI is InChI=1S/C16H23N/c1-12-9-13(2)16(14(3)10-12)11-17-15-7-5-4-6-8-15/h4-9,13-14,16-17H,10-11H2,1-3H3/t13-,14-,16+/m0/s1. The molecule has 0 heterocycles. The van der Waals surface area contributed by atoms with Gasteiger partial charge in [-0.1, -0.05) is 43.7 Å². The average Bonchev–Trinajstić information content (AvgIpc) is 2.29. The molecular formula is C16H23N. The lowest BCUT2D eigenvalue weighted by atomic mass is 9.75. The van der Waals surface area contributed by atoms with Gasteiger partial charge in [0, 0.05) is 12.2 Å². The molecule has 0 fully saturated rings. The number of para-hydroxylation sites is 1. The Morgan fingerprint density at radius 1 is 1.18 bits per heavy atom. The minimum absolute atomic E-state index is 0.690. The Hall–Kier alpha value is -1.24. The van der Waals surface area contributed by atoms with Crippen LogP contribution in [0.4, 0.5) is 5.69 Å². The summed E-state index contributed by atoms with van der Waals surface area (Å²) in [5.74, 6) is 2.22. The first-order valence-electron chi connectivity index (χ1n) is 6.63. The monoisotopic (exact) mass is 229 g/mol. The molecule has 0 spiro atoms. The summed E-state index contributed by atoms with van der Waals surface area (Å²) in [6, 6.07) is 10.5. The normalized spacial score (nSPS) is 28.6. The Morgan fingerprint density at radius 2 is 1.88 bits per heavy atom. The van der Waals surface area contributed by atoms with Crippen LogP contribution in [0.3, 0.4) is 0 Å². The van der Waals surface area contributed by atoms with E-state index in [1.165, 1.54) is 12.1 Å². The molecule has 0 unspecified atom stereocenters. The van der Waals surface area contributed by atoms with E-state index in [-0.39, 0.29) is 0 Å². The van der Waals surface area contributed by atoms with E-state index in [1.54, 1.807) is 5.57 Å². The molecule has 1 aromatic carbocycles. The molecule has 0 radical (unpaired) electrons. The fraction of sp³-hybridized carbons (Fsp3) is 0.500. The number of hydrogen-bond donors (Lipinski definition) is 1. The van der Waals surface area contributed by atoms with E-state index in [1.807, 2.05) is 0 Å². The lowest BCUT2D eigenvalue weighted by Gasteiger charge is -2.33. The first-order chi connectivity index (χ1) is 8.16. The zero-order chi connectivity index (χ0) is 12.3. The van der Waals surface area contributed by atoms with Crippen LogP contribution in [-0.4, -0.2) is 6.54 Å². The Morgan fingerprint density at radius 3 is 2.53 bits per heavy atom.